The first kappa shape index (κ1) is 12.8. The first-order valence-electron chi connectivity index (χ1n) is 6.04. The Labute approximate surface area is 98.1 Å². The molecule has 3 heteroatoms. The molecule has 88 valence electrons. The van der Waals surface area contributed by atoms with E-state index in [4.69, 9.17) is 5.73 Å². The minimum absolute atomic E-state index is 0.760. The highest BCUT2D eigenvalue weighted by molar-refractivity contribution is 5.08. The molecule has 0 bridgehead atoms. The summed E-state index contributed by atoms with van der Waals surface area (Å²) in [7, 11) is 0. The van der Waals surface area contributed by atoms with Crippen LogP contribution < -0.4 is 5.73 Å². The van der Waals surface area contributed by atoms with Gasteiger partial charge in [0, 0.05) is 25.4 Å². The van der Waals surface area contributed by atoms with Gasteiger partial charge in [0.1, 0.15) is 5.82 Å². The fourth-order valence-corrected chi connectivity index (χ4v) is 1.54. The number of imidazole rings is 1. The van der Waals surface area contributed by atoms with Gasteiger partial charge in [-0.05, 0) is 25.8 Å². The van der Waals surface area contributed by atoms with Crippen LogP contribution >= 0.6 is 0 Å². The second-order valence-corrected chi connectivity index (χ2v) is 3.81. The third kappa shape index (κ3) is 4.50. The summed E-state index contributed by atoms with van der Waals surface area (Å²) in [5.41, 5.74) is 5.41. The largest absolute Gasteiger partial charge is 0.334 e. The summed E-state index contributed by atoms with van der Waals surface area (Å²) in [6, 6.07) is 0. The molecule has 0 unspecified atom stereocenters. The van der Waals surface area contributed by atoms with Gasteiger partial charge in [-0.15, -0.1) is 5.92 Å². The lowest BCUT2D eigenvalue weighted by molar-refractivity contribution is 0.650. The second kappa shape index (κ2) is 7.95. The minimum atomic E-state index is 0.760. The topological polar surface area (TPSA) is 43.8 Å². The molecule has 0 spiro atoms. The fraction of sp³-hybridized carbons (Fsp3) is 0.615. The van der Waals surface area contributed by atoms with Gasteiger partial charge in [0.25, 0.3) is 0 Å². The van der Waals surface area contributed by atoms with E-state index in [0.29, 0.717) is 0 Å². The molecule has 0 aromatic carbocycles. The molecule has 0 aliphatic rings. The lowest BCUT2D eigenvalue weighted by atomic mass is 10.2. The van der Waals surface area contributed by atoms with Crippen molar-refractivity contribution in [2.24, 2.45) is 5.73 Å². The number of aryl methyl sites for hydroxylation is 1. The maximum absolute atomic E-state index is 5.41. The van der Waals surface area contributed by atoms with Crippen molar-refractivity contribution in [1.82, 2.24) is 9.55 Å². The van der Waals surface area contributed by atoms with Crippen molar-refractivity contribution in [2.75, 3.05) is 6.54 Å². The molecule has 0 saturated carbocycles. The van der Waals surface area contributed by atoms with Crippen molar-refractivity contribution in [3.8, 4) is 11.8 Å². The smallest absolute Gasteiger partial charge is 0.120 e. The average Bonchev–Trinajstić information content (AvgIpc) is 2.72. The van der Waals surface area contributed by atoms with E-state index in [-0.39, 0.29) is 0 Å². The molecule has 3 nitrogen and oxygen atoms in total. The summed E-state index contributed by atoms with van der Waals surface area (Å²) in [5.74, 6) is 7.42. The maximum Gasteiger partial charge on any atom is 0.120 e. The van der Waals surface area contributed by atoms with Crippen LogP contribution in [0.15, 0.2) is 12.4 Å². The molecule has 0 aliphatic carbocycles. The van der Waals surface area contributed by atoms with Crippen molar-refractivity contribution in [3.05, 3.63) is 18.2 Å². The van der Waals surface area contributed by atoms with E-state index in [9.17, 15) is 0 Å². The SMILES string of the molecule is CCCn1ccnc1CC#CCCCCN. The predicted molar refractivity (Wildman–Crippen MR) is 66.9 cm³/mol. The van der Waals surface area contributed by atoms with E-state index in [1.165, 1.54) is 0 Å². The van der Waals surface area contributed by atoms with E-state index < -0.39 is 0 Å². The number of hydrogen-bond acceptors (Lipinski definition) is 2. The van der Waals surface area contributed by atoms with E-state index >= 15 is 0 Å². The van der Waals surface area contributed by atoms with Gasteiger partial charge in [-0.3, -0.25) is 0 Å². The molecule has 2 N–H and O–H groups in total. The highest BCUT2D eigenvalue weighted by Crippen LogP contribution is 2.00. The molecule has 0 aliphatic heterocycles. The Balaban J connectivity index is 2.32. The number of nitrogens with zero attached hydrogens (tertiary/aromatic N) is 2. The van der Waals surface area contributed by atoms with Gasteiger partial charge in [-0.2, -0.15) is 0 Å². The van der Waals surface area contributed by atoms with Crippen LogP contribution in [0.2, 0.25) is 0 Å². The summed E-state index contributed by atoms with van der Waals surface area (Å²) in [6.07, 6.45) is 8.89. The Hall–Kier alpha value is -1.27. The van der Waals surface area contributed by atoms with E-state index in [0.717, 1.165) is 51.0 Å². The fourth-order valence-electron chi connectivity index (χ4n) is 1.54. The number of rotatable bonds is 6. The molecule has 1 aromatic heterocycles. The molecule has 0 saturated heterocycles. The summed E-state index contributed by atoms with van der Waals surface area (Å²) in [6.45, 7) is 3.97. The zero-order valence-corrected chi connectivity index (χ0v) is 10.1. The van der Waals surface area contributed by atoms with Gasteiger partial charge in [-0.25, -0.2) is 4.98 Å². The molecule has 1 heterocycles. The van der Waals surface area contributed by atoms with Gasteiger partial charge in [0.05, 0.1) is 6.42 Å². The van der Waals surface area contributed by atoms with Crippen LogP contribution in [0.3, 0.4) is 0 Å². The Kier molecular flexibility index (Phi) is 6.36. The van der Waals surface area contributed by atoms with Crippen LogP contribution in [0.25, 0.3) is 0 Å². The van der Waals surface area contributed by atoms with Crippen molar-refractivity contribution in [1.29, 1.82) is 0 Å². The zero-order valence-electron chi connectivity index (χ0n) is 10.1. The van der Waals surface area contributed by atoms with Crippen LogP contribution in [-0.2, 0) is 13.0 Å². The summed E-state index contributed by atoms with van der Waals surface area (Å²) >= 11 is 0. The first-order chi connectivity index (χ1) is 7.88. The lowest BCUT2D eigenvalue weighted by Gasteiger charge is -2.02. The molecule has 0 atom stereocenters. The molecule has 16 heavy (non-hydrogen) atoms. The molecule has 0 amide bonds. The Morgan fingerprint density at radius 1 is 1.38 bits per heavy atom. The van der Waals surface area contributed by atoms with Crippen LogP contribution in [0.4, 0.5) is 0 Å². The Bertz CT molecular complexity index is 344. The third-order valence-corrected chi connectivity index (χ3v) is 2.39. The number of hydrogen-bond donors (Lipinski definition) is 1. The van der Waals surface area contributed by atoms with E-state index in [2.05, 4.69) is 28.3 Å². The number of unbranched alkanes of at least 4 members (excludes halogenated alkanes) is 2. The Morgan fingerprint density at radius 2 is 2.25 bits per heavy atom. The van der Waals surface area contributed by atoms with Crippen molar-refractivity contribution < 1.29 is 0 Å². The van der Waals surface area contributed by atoms with Crippen LogP contribution in [0.5, 0.6) is 0 Å². The van der Waals surface area contributed by atoms with Crippen LogP contribution in [-0.4, -0.2) is 16.1 Å². The molecule has 1 rings (SSSR count). The number of nitrogens with two attached hydrogens (primary N) is 1. The normalized spacial score (nSPS) is 9.88. The van der Waals surface area contributed by atoms with Gasteiger partial charge >= 0.3 is 0 Å². The molecular weight excluding hydrogens is 198 g/mol. The number of aromatic nitrogens is 2. The molecule has 1 aromatic rings. The summed E-state index contributed by atoms with van der Waals surface area (Å²) in [5, 5.41) is 0. The van der Waals surface area contributed by atoms with Crippen LogP contribution in [0, 0.1) is 11.8 Å². The van der Waals surface area contributed by atoms with E-state index in [1.54, 1.807) is 0 Å². The standard InChI is InChI=1S/C13H21N3/c1-2-11-16-12-10-15-13(16)8-6-4-3-5-7-9-14/h10,12H,2-3,5,7-9,11,14H2,1H3. The van der Waals surface area contributed by atoms with Crippen molar-refractivity contribution in [3.63, 3.8) is 0 Å². The van der Waals surface area contributed by atoms with Gasteiger partial charge in [-0.1, -0.05) is 12.8 Å². The second-order valence-electron chi connectivity index (χ2n) is 3.81. The van der Waals surface area contributed by atoms with Crippen molar-refractivity contribution >= 4 is 0 Å². The van der Waals surface area contributed by atoms with Crippen LogP contribution in [0.1, 0.15) is 38.4 Å². The molecule has 0 radical (unpaired) electrons. The highest BCUT2D eigenvalue weighted by Gasteiger charge is 1.98. The predicted octanol–water partition coefficient (Wildman–Crippen LogP) is 1.97. The average molecular weight is 219 g/mol. The zero-order chi connectivity index (χ0) is 11.6. The van der Waals surface area contributed by atoms with Gasteiger partial charge in [0.15, 0.2) is 0 Å². The molecule has 0 fully saturated rings. The van der Waals surface area contributed by atoms with Gasteiger partial charge in [0.2, 0.25) is 0 Å². The lowest BCUT2D eigenvalue weighted by Crippen LogP contribution is -2.01. The monoisotopic (exact) mass is 219 g/mol. The maximum atomic E-state index is 5.41. The Morgan fingerprint density at radius 3 is 3.00 bits per heavy atom. The van der Waals surface area contributed by atoms with Gasteiger partial charge < -0.3 is 10.3 Å². The third-order valence-electron chi connectivity index (χ3n) is 2.39. The minimum Gasteiger partial charge on any atom is -0.334 e. The highest BCUT2D eigenvalue weighted by atomic mass is 15.1. The quantitative estimate of drug-likeness (QED) is 0.587. The van der Waals surface area contributed by atoms with E-state index in [1.807, 2.05) is 12.4 Å². The summed E-state index contributed by atoms with van der Waals surface area (Å²) < 4.78 is 2.18. The summed E-state index contributed by atoms with van der Waals surface area (Å²) in [4.78, 5) is 4.31. The van der Waals surface area contributed by atoms with Crippen molar-refractivity contribution in [2.45, 2.75) is 45.6 Å². The first-order valence-corrected chi connectivity index (χ1v) is 6.04. The molecular formula is C13H21N3.